The molecule has 1 aromatic heterocycles. The van der Waals surface area contributed by atoms with E-state index >= 15 is 0 Å². The Labute approximate surface area is 82.0 Å². The Balaban J connectivity index is 1.91. The van der Waals surface area contributed by atoms with Crippen LogP contribution in [-0.2, 0) is 0 Å². The van der Waals surface area contributed by atoms with Crippen LogP contribution in [0.15, 0.2) is 16.8 Å². The molecule has 1 amide bonds. The molecule has 1 aromatic rings. The van der Waals surface area contributed by atoms with E-state index in [-0.39, 0.29) is 5.91 Å². The van der Waals surface area contributed by atoms with Crippen LogP contribution in [-0.4, -0.2) is 11.9 Å². The molecule has 1 N–H and O–H groups in total. The van der Waals surface area contributed by atoms with Gasteiger partial charge < -0.3 is 5.32 Å². The number of carbonyl (C=O) groups excluding carboxylic acids is 1. The molecule has 0 bridgehead atoms. The Kier molecular flexibility index (Phi) is 2.64. The second-order valence-corrected chi connectivity index (χ2v) is 4.25. The van der Waals surface area contributed by atoms with Gasteiger partial charge in [-0.2, -0.15) is 11.3 Å². The number of nitrogens with one attached hydrogen (secondary N) is 1. The van der Waals surface area contributed by atoms with Crippen LogP contribution in [0.25, 0.3) is 0 Å². The van der Waals surface area contributed by atoms with Gasteiger partial charge in [0, 0.05) is 17.0 Å². The first-order chi connectivity index (χ1) is 6.36. The fraction of sp³-hybridized carbons (Fsp3) is 0.500. The van der Waals surface area contributed by atoms with Crippen LogP contribution in [0.1, 0.15) is 36.0 Å². The van der Waals surface area contributed by atoms with Crippen LogP contribution in [0.2, 0.25) is 0 Å². The van der Waals surface area contributed by atoms with Crippen molar-refractivity contribution in [3.8, 4) is 0 Å². The molecule has 2 nitrogen and oxygen atoms in total. The van der Waals surface area contributed by atoms with Crippen LogP contribution in [0.3, 0.4) is 0 Å². The predicted molar refractivity (Wildman–Crippen MR) is 54.0 cm³/mol. The van der Waals surface area contributed by atoms with Crippen molar-refractivity contribution in [3.05, 3.63) is 22.4 Å². The van der Waals surface area contributed by atoms with Crippen molar-refractivity contribution >= 4 is 17.2 Å². The zero-order chi connectivity index (χ0) is 9.10. The first kappa shape index (κ1) is 8.75. The summed E-state index contributed by atoms with van der Waals surface area (Å²) < 4.78 is 0. The van der Waals surface area contributed by atoms with Crippen LogP contribution in [0, 0.1) is 0 Å². The maximum Gasteiger partial charge on any atom is 0.252 e. The van der Waals surface area contributed by atoms with Gasteiger partial charge in [0.05, 0.1) is 0 Å². The fourth-order valence-corrected chi connectivity index (χ4v) is 2.37. The molecular weight excluding hydrogens is 182 g/mol. The molecule has 0 saturated heterocycles. The van der Waals surface area contributed by atoms with Gasteiger partial charge >= 0.3 is 0 Å². The summed E-state index contributed by atoms with van der Waals surface area (Å²) in [5.41, 5.74) is 0.803. The number of rotatable bonds is 2. The van der Waals surface area contributed by atoms with Gasteiger partial charge in [0.1, 0.15) is 0 Å². The lowest BCUT2D eigenvalue weighted by Gasteiger charge is -2.10. The molecule has 1 aliphatic carbocycles. The molecular formula is C10H13NOS. The van der Waals surface area contributed by atoms with E-state index in [1.165, 1.54) is 12.8 Å². The minimum absolute atomic E-state index is 0.0909. The Morgan fingerprint density at radius 1 is 1.46 bits per heavy atom. The number of thiophene rings is 1. The van der Waals surface area contributed by atoms with E-state index < -0.39 is 0 Å². The molecule has 1 fully saturated rings. The van der Waals surface area contributed by atoms with E-state index in [4.69, 9.17) is 0 Å². The molecule has 1 heterocycles. The van der Waals surface area contributed by atoms with Crippen LogP contribution in [0.4, 0.5) is 0 Å². The fourth-order valence-electron chi connectivity index (χ4n) is 1.73. The summed E-state index contributed by atoms with van der Waals surface area (Å²) in [4.78, 5) is 11.6. The minimum atomic E-state index is 0.0909. The average Bonchev–Trinajstić information content (AvgIpc) is 2.74. The highest BCUT2D eigenvalue weighted by Gasteiger charge is 2.17. The Morgan fingerprint density at radius 2 is 2.23 bits per heavy atom. The smallest absolute Gasteiger partial charge is 0.252 e. The van der Waals surface area contributed by atoms with E-state index in [0.29, 0.717) is 6.04 Å². The molecule has 0 radical (unpaired) electrons. The van der Waals surface area contributed by atoms with Crippen LogP contribution in [0.5, 0.6) is 0 Å². The van der Waals surface area contributed by atoms with Gasteiger partial charge in [-0.25, -0.2) is 0 Å². The van der Waals surface area contributed by atoms with Crippen molar-refractivity contribution < 1.29 is 4.79 Å². The second-order valence-electron chi connectivity index (χ2n) is 3.47. The number of amides is 1. The average molecular weight is 195 g/mol. The zero-order valence-electron chi connectivity index (χ0n) is 7.45. The molecule has 3 heteroatoms. The topological polar surface area (TPSA) is 29.1 Å². The largest absolute Gasteiger partial charge is 0.349 e. The van der Waals surface area contributed by atoms with E-state index in [2.05, 4.69) is 5.32 Å². The first-order valence-corrected chi connectivity index (χ1v) is 5.63. The molecule has 2 rings (SSSR count). The highest BCUT2D eigenvalue weighted by molar-refractivity contribution is 7.08. The SMILES string of the molecule is O=C(NC1CCCC1)c1ccsc1. The molecule has 1 saturated carbocycles. The molecule has 13 heavy (non-hydrogen) atoms. The quantitative estimate of drug-likeness (QED) is 0.771. The highest BCUT2D eigenvalue weighted by atomic mass is 32.1. The maximum absolute atomic E-state index is 11.6. The standard InChI is InChI=1S/C10H13NOS/c12-10(8-5-6-13-7-8)11-9-3-1-2-4-9/h5-7,9H,1-4H2,(H,11,12). The van der Waals surface area contributed by atoms with Gasteiger partial charge in [0.25, 0.3) is 5.91 Å². The first-order valence-electron chi connectivity index (χ1n) is 4.69. The summed E-state index contributed by atoms with van der Waals surface area (Å²) in [5, 5.41) is 6.88. The van der Waals surface area contributed by atoms with E-state index in [0.717, 1.165) is 18.4 Å². The van der Waals surface area contributed by atoms with Gasteiger partial charge in [0.2, 0.25) is 0 Å². The number of hydrogen-bond donors (Lipinski definition) is 1. The number of carbonyl (C=O) groups is 1. The third kappa shape index (κ3) is 2.10. The number of hydrogen-bond acceptors (Lipinski definition) is 2. The maximum atomic E-state index is 11.6. The normalized spacial score (nSPS) is 17.5. The van der Waals surface area contributed by atoms with Gasteiger partial charge in [-0.1, -0.05) is 12.8 Å². The van der Waals surface area contributed by atoms with Crippen molar-refractivity contribution in [2.45, 2.75) is 31.7 Å². The molecule has 0 aromatic carbocycles. The van der Waals surface area contributed by atoms with E-state index in [1.54, 1.807) is 11.3 Å². The molecule has 1 aliphatic rings. The summed E-state index contributed by atoms with van der Waals surface area (Å²) >= 11 is 1.56. The van der Waals surface area contributed by atoms with Crippen molar-refractivity contribution in [3.63, 3.8) is 0 Å². The molecule has 70 valence electrons. The lowest BCUT2D eigenvalue weighted by Crippen LogP contribution is -2.32. The lowest BCUT2D eigenvalue weighted by atomic mass is 10.2. The van der Waals surface area contributed by atoms with Crippen LogP contribution >= 0.6 is 11.3 Å². The third-order valence-electron chi connectivity index (χ3n) is 2.47. The molecule has 0 atom stereocenters. The van der Waals surface area contributed by atoms with Crippen molar-refractivity contribution in [2.24, 2.45) is 0 Å². The lowest BCUT2D eigenvalue weighted by molar-refractivity contribution is 0.0938. The Morgan fingerprint density at radius 3 is 2.85 bits per heavy atom. The van der Waals surface area contributed by atoms with Gasteiger partial charge in [-0.05, 0) is 24.3 Å². The summed E-state index contributed by atoms with van der Waals surface area (Å²) in [6, 6.07) is 2.29. The van der Waals surface area contributed by atoms with Gasteiger partial charge in [-0.15, -0.1) is 0 Å². The summed E-state index contributed by atoms with van der Waals surface area (Å²) in [6.07, 6.45) is 4.81. The highest BCUT2D eigenvalue weighted by Crippen LogP contribution is 2.18. The van der Waals surface area contributed by atoms with Crippen LogP contribution < -0.4 is 5.32 Å². The second kappa shape index (κ2) is 3.92. The summed E-state index contributed by atoms with van der Waals surface area (Å²) in [7, 11) is 0. The van der Waals surface area contributed by atoms with Gasteiger partial charge in [-0.3, -0.25) is 4.79 Å². The molecule has 0 aliphatic heterocycles. The van der Waals surface area contributed by atoms with Gasteiger partial charge in [0.15, 0.2) is 0 Å². The molecule has 0 spiro atoms. The van der Waals surface area contributed by atoms with E-state index in [1.807, 2.05) is 16.8 Å². The van der Waals surface area contributed by atoms with Crippen molar-refractivity contribution in [2.75, 3.05) is 0 Å². The van der Waals surface area contributed by atoms with Crippen molar-refractivity contribution in [1.29, 1.82) is 0 Å². The summed E-state index contributed by atoms with van der Waals surface area (Å²) in [5.74, 6) is 0.0909. The zero-order valence-corrected chi connectivity index (χ0v) is 8.27. The molecule has 0 unspecified atom stereocenters. The monoisotopic (exact) mass is 195 g/mol. The summed E-state index contributed by atoms with van der Waals surface area (Å²) in [6.45, 7) is 0. The minimum Gasteiger partial charge on any atom is -0.349 e. The Hall–Kier alpha value is -0.830. The predicted octanol–water partition coefficient (Wildman–Crippen LogP) is 2.42. The van der Waals surface area contributed by atoms with Crippen molar-refractivity contribution in [1.82, 2.24) is 5.32 Å². The Bertz CT molecular complexity index is 275. The third-order valence-corrected chi connectivity index (χ3v) is 3.16. The van der Waals surface area contributed by atoms with E-state index in [9.17, 15) is 4.79 Å².